The van der Waals surface area contributed by atoms with E-state index in [0.29, 0.717) is 0 Å². The zero-order valence-electron chi connectivity index (χ0n) is 14.3. The summed E-state index contributed by atoms with van der Waals surface area (Å²) in [7, 11) is 2.74. The minimum Gasteiger partial charge on any atom is -0.0631 e. The summed E-state index contributed by atoms with van der Waals surface area (Å²) in [6.07, 6.45) is 0. The van der Waals surface area contributed by atoms with Gasteiger partial charge in [0, 0.05) is 17.1 Å². The van der Waals surface area contributed by atoms with Crippen molar-refractivity contribution in [2.45, 2.75) is 41.5 Å². The molecule has 4 heteroatoms. The topological polar surface area (TPSA) is 0 Å². The smallest absolute Gasteiger partial charge is 0.0533 e. The first-order valence-electron chi connectivity index (χ1n) is 8.06. The fourth-order valence-corrected chi connectivity index (χ4v) is 85.3. The number of aryl methyl sites for hydroxylation is 6. The highest BCUT2D eigenvalue weighted by Crippen LogP contribution is 2.49. The number of benzene rings is 2. The number of hydrogen-bond donors (Lipinski definition) is 0. The van der Waals surface area contributed by atoms with Crippen molar-refractivity contribution in [1.29, 1.82) is 0 Å². The standard InChI is InChI=1S/C18H22Si4/c1-11-7-13(3)17(14(4)8-11)21-19-22(21,20-21)18-15(5)9-12(2)10-16(18)6/h7-10H,1-6H3. The SMILES string of the molecule is Cc1cc(C)c([Si]23[Si][Si]2(c2c(C)cc(C)cc2C)[Si]3)c(C)c1. The van der Waals surface area contributed by atoms with Gasteiger partial charge in [0.2, 0.25) is 0 Å². The fourth-order valence-electron chi connectivity index (χ4n) is 4.67. The molecule has 2 saturated heterocycles. The minimum absolute atomic E-state index is 1.01. The van der Waals surface area contributed by atoms with E-state index in [1.165, 1.54) is 28.2 Å². The Kier molecular flexibility index (Phi) is 3.00. The molecule has 0 unspecified atom stereocenters. The molecule has 4 rings (SSSR count). The van der Waals surface area contributed by atoms with Gasteiger partial charge in [0.05, 0.1) is 13.3 Å². The highest BCUT2D eigenvalue weighted by molar-refractivity contribution is 8.47. The van der Waals surface area contributed by atoms with E-state index >= 15 is 0 Å². The summed E-state index contributed by atoms with van der Waals surface area (Å²) in [5.74, 6) is 0. The Labute approximate surface area is 140 Å². The van der Waals surface area contributed by atoms with Crippen LogP contribution < -0.4 is 10.4 Å². The third-order valence-electron chi connectivity index (χ3n) is 5.29. The van der Waals surface area contributed by atoms with Gasteiger partial charge in [-0.25, -0.2) is 0 Å². The van der Waals surface area contributed by atoms with Crippen LogP contribution in [0.15, 0.2) is 24.3 Å². The molecule has 0 bridgehead atoms. The average molecular weight is 351 g/mol. The van der Waals surface area contributed by atoms with Crippen LogP contribution in [0.3, 0.4) is 0 Å². The molecule has 0 aromatic heterocycles. The van der Waals surface area contributed by atoms with Gasteiger partial charge in [0.15, 0.2) is 0 Å². The summed E-state index contributed by atoms with van der Waals surface area (Å²) in [4.78, 5) is 0. The van der Waals surface area contributed by atoms with Crippen molar-refractivity contribution in [3.8, 4) is 0 Å². The van der Waals surface area contributed by atoms with Gasteiger partial charge in [-0.15, -0.1) is 0 Å². The highest BCUT2D eigenvalue weighted by Gasteiger charge is 2.88. The lowest BCUT2D eigenvalue weighted by Crippen LogP contribution is -2.36. The van der Waals surface area contributed by atoms with E-state index in [4.69, 9.17) is 0 Å². The molecule has 2 aromatic rings. The van der Waals surface area contributed by atoms with Crippen LogP contribution in [-0.4, -0.2) is 30.4 Å². The molecule has 0 amide bonds. The summed E-state index contributed by atoms with van der Waals surface area (Å²) < 4.78 is 0. The van der Waals surface area contributed by atoms with Crippen LogP contribution in [-0.2, 0) is 0 Å². The molecule has 0 atom stereocenters. The van der Waals surface area contributed by atoms with Crippen molar-refractivity contribution in [1.82, 2.24) is 0 Å². The van der Waals surface area contributed by atoms with Crippen LogP contribution in [0.1, 0.15) is 33.4 Å². The van der Waals surface area contributed by atoms with Crippen molar-refractivity contribution in [3.05, 3.63) is 57.6 Å². The van der Waals surface area contributed by atoms with Crippen molar-refractivity contribution in [3.63, 3.8) is 0 Å². The largest absolute Gasteiger partial charge is 0.0631 e. The van der Waals surface area contributed by atoms with E-state index in [9.17, 15) is 0 Å². The minimum atomic E-state index is -1.01. The predicted octanol–water partition coefficient (Wildman–Crippen LogP) is 2.05. The highest BCUT2D eigenvalue weighted by atomic mass is 30.7. The summed E-state index contributed by atoms with van der Waals surface area (Å²) in [5.41, 5.74) is 9.31. The molecule has 0 aliphatic carbocycles. The van der Waals surface area contributed by atoms with Crippen LogP contribution in [0.25, 0.3) is 0 Å². The first kappa shape index (κ1) is 14.9. The predicted molar refractivity (Wildman–Crippen MR) is 104 cm³/mol. The maximum Gasteiger partial charge on any atom is 0.0533 e. The zero-order valence-corrected chi connectivity index (χ0v) is 18.3. The molecule has 0 saturated carbocycles. The molecule has 22 heavy (non-hydrogen) atoms. The molecule has 0 nitrogen and oxygen atoms in total. The second-order valence-electron chi connectivity index (χ2n) is 7.30. The van der Waals surface area contributed by atoms with Crippen LogP contribution in [0, 0.1) is 41.5 Å². The molecule has 2 aliphatic heterocycles. The Morgan fingerprint density at radius 1 is 0.545 bits per heavy atom. The summed E-state index contributed by atoms with van der Waals surface area (Å²) in [6, 6.07) is 9.74. The fraction of sp³-hybridized carbons (Fsp3) is 0.333. The monoisotopic (exact) mass is 350 g/mol. The van der Waals surface area contributed by atoms with Gasteiger partial charge in [-0.2, -0.15) is 0 Å². The Morgan fingerprint density at radius 3 is 1.09 bits per heavy atom. The normalized spacial score (nSPS) is 28.5. The quantitative estimate of drug-likeness (QED) is 0.727. The van der Waals surface area contributed by atoms with E-state index in [0.717, 1.165) is 0 Å². The lowest BCUT2D eigenvalue weighted by molar-refractivity contribution is 1.35. The van der Waals surface area contributed by atoms with E-state index in [2.05, 4.69) is 65.8 Å². The van der Waals surface area contributed by atoms with Crippen molar-refractivity contribution >= 4 is 40.7 Å². The van der Waals surface area contributed by atoms with Gasteiger partial charge >= 0.3 is 0 Å². The number of rotatable bonds is 2. The molecular formula is C18H22Si4. The van der Waals surface area contributed by atoms with Gasteiger partial charge in [-0.1, -0.05) is 68.0 Å². The lowest BCUT2D eigenvalue weighted by atomic mass is 10.1. The lowest BCUT2D eigenvalue weighted by Gasteiger charge is -2.14. The van der Waals surface area contributed by atoms with Crippen LogP contribution in [0.2, 0.25) is 0 Å². The third-order valence-corrected chi connectivity index (χ3v) is 62.9. The van der Waals surface area contributed by atoms with Gasteiger partial charge in [0.1, 0.15) is 0 Å². The number of fused-ring (bicyclic) bond motifs is 1. The van der Waals surface area contributed by atoms with Gasteiger partial charge in [-0.3, -0.25) is 0 Å². The first-order chi connectivity index (χ1) is 10.3. The molecule has 110 valence electrons. The molecule has 0 N–H and O–H groups in total. The maximum atomic E-state index is 2.43. The molecule has 0 spiro atoms. The van der Waals surface area contributed by atoms with E-state index in [1.807, 2.05) is 10.4 Å². The van der Waals surface area contributed by atoms with E-state index < -0.39 is 13.3 Å². The molecule has 4 radical (unpaired) electrons. The second-order valence-corrected chi connectivity index (χ2v) is 40.3. The third kappa shape index (κ3) is 1.78. The molecular weight excluding hydrogens is 329 g/mol. The van der Waals surface area contributed by atoms with Crippen molar-refractivity contribution in [2.24, 2.45) is 0 Å². The Balaban J connectivity index is 1.83. The molecule has 2 aliphatic rings. The Hall–Kier alpha value is -0.692. The van der Waals surface area contributed by atoms with Crippen LogP contribution >= 0.6 is 0 Å². The summed E-state index contributed by atoms with van der Waals surface area (Å²) in [6.45, 7) is 12.0. The molecule has 2 aromatic carbocycles. The van der Waals surface area contributed by atoms with E-state index in [-0.39, 0.29) is 0 Å². The Morgan fingerprint density at radius 2 is 0.818 bits per heavy atom. The van der Waals surface area contributed by atoms with Crippen molar-refractivity contribution < 1.29 is 0 Å². The Bertz CT molecular complexity index is 702. The first-order valence-corrected chi connectivity index (χ1v) is 19.1. The maximum absolute atomic E-state index is 2.43. The molecule has 2 fully saturated rings. The van der Waals surface area contributed by atoms with E-state index in [1.54, 1.807) is 22.3 Å². The summed E-state index contributed by atoms with van der Waals surface area (Å²) >= 11 is 0. The average Bonchev–Trinajstić information content (AvgIpc) is 3.12. The van der Waals surface area contributed by atoms with Gasteiger partial charge < -0.3 is 0 Å². The van der Waals surface area contributed by atoms with Crippen LogP contribution in [0.4, 0.5) is 0 Å². The molecule has 2 heterocycles. The number of hydrogen-bond acceptors (Lipinski definition) is 0. The van der Waals surface area contributed by atoms with Gasteiger partial charge in [-0.05, 0) is 41.5 Å². The van der Waals surface area contributed by atoms with Gasteiger partial charge in [0.25, 0.3) is 0 Å². The summed E-state index contributed by atoms with van der Waals surface area (Å²) in [5, 5.41) is 3.75. The van der Waals surface area contributed by atoms with Crippen molar-refractivity contribution in [2.75, 3.05) is 0 Å². The van der Waals surface area contributed by atoms with Crippen LogP contribution in [0.5, 0.6) is 0 Å². The second kappa shape index (κ2) is 4.44. The zero-order chi connectivity index (χ0) is 15.9.